The van der Waals surface area contributed by atoms with Gasteiger partial charge in [-0.25, -0.2) is 0 Å². The van der Waals surface area contributed by atoms with Gasteiger partial charge in [-0.3, -0.25) is 0 Å². The molecule has 0 N–H and O–H groups in total. The molecule has 1 aliphatic rings. The van der Waals surface area contributed by atoms with E-state index in [1.54, 1.807) is 0 Å². The maximum atomic E-state index is 5.38. The molecule has 0 unspecified atom stereocenters. The van der Waals surface area contributed by atoms with Crippen molar-refractivity contribution in [3.8, 4) is 11.4 Å². The molecule has 0 saturated carbocycles. The Hall–Kier alpha value is -1.72. The zero-order valence-corrected chi connectivity index (χ0v) is 13.5. The van der Waals surface area contributed by atoms with E-state index in [1.807, 2.05) is 12.1 Å². The monoisotopic (exact) mass is 300 g/mol. The molecule has 22 heavy (non-hydrogen) atoms. The molecule has 5 heteroatoms. The molecular weight excluding hydrogens is 276 g/mol. The highest BCUT2D eigenvalue weighted by atomic mass is 16.5. The van der Waals surface area contributed by atoms with E-state index in [9.17, 15) is 0 Å². The lowest BCUT2D eigenvalue weighted by molar-refractivity contribution is 0.136. The van der Waals surface area contributed by atoms with Crippen LogP contribution in [-0.4, -0.2) is 59.2 Å². The number of aromatic nitrogens is 2. The Morgan fingerprint density at radius 1 is 1.05 bits per heavy atom. The molecular formula is C17H24N4O. The number of benzene rings is 1. The van der Waals surface area contributed by atoms with Crippen LogP contribution in [0.5, 0.6) is 0 Å². The largest absolute Gasteiger partial charge is 0.339 e. The number of hydrogen-bond donors (Lipinski definition) is 0. The second-order valence-corrected chi connectivity index (χ2v) is 5.90. The van der Waals surface area contributed by atoms with Crippen LogP contribution in [0.15, 0.2) is 28.8 Å². The van der Waals surface area contributed by atoms with Gasteiger partial charge < -0.3 is 14.3 Å². The average molecular weight is 300 g/mol. The molecule has 1 aromatic heterocycles. The maximum Gasteiger partial charge on any atom is 0.228 e. The molecule has 1 saturated heterocycles. The molecule has 118 valence electrons. The van der Waals surface area contributed by atoms with Crippen molar-refractivity contribution < 1.29 is 4.52 Å². The van der Waals surface area contributed by atoms with Gasteiger partial charge in [0.15, 0.2) is 0 Å². The van der Waals surface area contributed by atoms with E-state index in [4.69, 9.17) is 4.52 Å². The van der Waals surface area contributed by atoms with Crippen LogP contribution in [0.4, 0.5) is 0 Å². The van der Waals surface area contributed by atoms with Crippen LogP contribution in [0.3, 0.4) is 0 Å². The number of likely N-dealkylation sites (N-methyl/N-ethyl adjacent to an activating group) is 1. The average Bonchev–Trinajstić information content (AvgIpc) is 3.03. The summed E-state index contributed by atoms with van der Waals surface area (Å²) in [5.41, 5.74) is 2.25. The second kappa shape index (κ2) is 7.03. The molecule has 0 radical (unpaired) electrons. The van der Waals surface area contributed by atoms with Crippen molar-refractivity contribution in [2.45, 2.75) is 20.3 Å². The lowest BCUT2D eigenvalue weighted by atomic mass is 10.1. The maximum absolute atomic E-state index is 5.38. The number of aryl methyl sites for hydroxylation is 1. The summed E-state index contributed by atoms with van der Waals surface area (Å²) in [4.78, 5) is 9.47. The zero-order chi connectivity index (χ0) is 15.4. The van der Waals surface area contributed by atoms with Crippen molar-refractivity contribution in [1.29, 1.82) is 0 Å². The summed E-state index contributed by atoms with van der Waals surface area (Å²) in [5.74, 6) is 1.42. The Balaban J connectivity index is 1.53. The smallest absolute Gasteiger partial charge is 0.228 e. The van der Waals surface area contributed by atoms with E-state index in [0.29, 0.717) is 5.82 Å². The fourth-order valence-electron chi connectivity index (χ4n) is 2.76. The van der Waals surface area contributed by atoms with Crippen LogP contribution in [0.25, 0.3) is 11.4 Å². The van der Waals surface area contributed by atoms with Crippen molar-refractivity contribution in [2.75, 3.05) is 39.3 Å². The van der Waals surface area contributed by atoms with Crippen molar-refractivity contribution in [1.82, 2.24) is 19.9 Å². The number of hydrogen-bond acceptors (Lipinski definition) is 5. The summed E-state index contributed by atoms with van der Waals surface area (Å²) in [5, 5.41) is 4.09. The first-order chi connectivity index (χ1) is 10.7. The minimum Gasteiger partial charge on any atom is -0.339 e. The van der Waals surface area contributed by atoms with E-state index in [2.05, 4.69) is 45.9 Å². The lowest BCUT2D eigenvalue weighted by Crippen LogP contribution is -2.46. The second-order valence-electron chi connectivity index (χ2n) is 5.90. The molecule has 0 aliphatic carbocycles. The summed E-state index contributed by atoms with van der Waals surface area (Å²) in [7, 11) is 0. The highest BCUT2D eigenvalue weighted by molar-refractivity contribution is 5.54. The molecule has 0 atom stereocenters. The zero-order valence-electron chi connectivity index (χ0n) is 13.5. The van der Waals surface area contributed by atoms with Gasteiger partial charge >= 0.3 is 0 Å². The highest BCUT2D eigenvalue weighted by Gasteiger charge is 2.16. The summed E-state index contributed by atoms with van der Waals surface area (Å²) in [6, 6.07) is 8.21. The number of piperazine rings is 1. The quantitative estimate of drug-likeness (QED) is 0.847. The van der Waals surface area contributed by atoms with Crippen LogP contribution in [0.2, 0.25) is 0 Å². The van der Waals surface area contributed by atoms with Gasteiger partial charge in [0.05, 0.1) is 0 Å². The van der Waals surface area contributed by atoms with Crippen molar-refractivity contribution in [2.24, 2.45) is 0 Å². The predicted octanol–water partition coefficient (Wildman–Crippen LogP) is 2.23. The molecule has 1 aromatic carbocycles. The topological polar surface area (TPSA) is 45.4 Å². The Bertz CT molecular complexity index is 585. The van der Waals surface area contributed by atoms with Gasteiger partial charge in [0.25, 0.3) is 0 Å². The van der Waals surface area contributed by atoms with Crippen molar-refractivity contribution in [3.05, 3.63) is 35.7 Å². The Morgan fingerprint density at radius 3 is 2.41 bits per heavy atom. The van der Waals surface area contributed by atoms with Crippen LogP contribution in [0.1, 0.15) is 18.4 Å². The summed E-state index contributed by atoms with van der Waals surface area (Å²) < 4.78 is 5.38. The van der Waals surface area contributed by atoms with E-state index < -0.39 is 0 Å². The third-order valence-electron chi connectivity index (χ3n) is 4.33. The minimum absolute atomic E-state index is 0.686. The van der Waals surface area contributed by atoms with Gasteiger partial charge in [0, 0.05) is 44.7 Å². The summed E-state index contributed by atoms with van der Waals surface area (Å²) >= 11 is 0. The van der Waals surface area contributed by atoms with Gasteiger partial charge in [0.1, 0.15) is 0 Å². The van der Waals surface area contributed by atoms with Crippen LogP contribution >= 0.6 is 0 Å². The minimum atomic E-state index is 0.686. The number of rotatable bonds is 5. The van der Waals surface area contributed by atoms with E-state index in [1.165, 1.54) is 5.56 Å². The van der Waals surface area contributed by atoms with Gasteiger partial charge in [-0.1, -0.05) is 41.9 Å². The number of nitrogens with zero attached hydrogens (tertiary/aromatic N) is 4. The first-order valence-corrected chi connectivity index (χ1v) is 8.09. The third kappa shape index (κ3) is 3.72. The molecule has 2 heterocycles. The van der Waals surface area contributed by atoms with Gasteiger partial charge in [0.2, 0.25) is 11.7 Å². The van der Waals surface area contributed by atoms with Crippen LogP contribution in [0, 0.1) is 6.92 Å². The molecule has 1 fully saturated rings. The lowest BCUT2D eigenvalue weighted by Gasteiger charge is -2.33. The Labute approximate surface area is 131 Å². The third-order valence-corrected chi connectivity index (χ3v) is 4.33. The van der Waals surface area contributed by atoms with Crippen LogP contribution < -0.4 is 0 Å². The SMILES string of the molecule is CCN1CCN(CCc2nc(-c3ccc(C)cc3)no2)CC1. The summed E-state index contributed by atoms with van der Waals surface area (Å²) in [6.45, 7) is 11.0. The van der Waals surface area contributed by atoms with E-state index in [-0.39, 0.29) is 0 Å². The first kappa shape index (κ1) is 15.2. The van der Waals surface area contributed by atoms with Gasteiger partial charge in [-0.15, -0.1) is 0 Å². The molecule has 0 bridgehead atoms. The molecule has 5 nitrogen and oxygen atoms in total. The molecule has 0 spiro atoms. The standard InChI is InChI=1S/C17H24N4O/c1-3-20-10-12-21(13-11-20)9-8-16-18-17(19-22-16)15-6-4-14(2)5-7-15/h4-7H,3,8-13H2,1-2H3. The predicted molar refractivity (Wildman–Crippen MR) is 86.7 cm³/mol. The molecule has 0 amide bonds. The van der Waals surface area contributed by atoms with Gasteiger partial charge in [-0.05, 0) is 13.5 Å². The van der Waals surface area contributed by atoms with E-state index in [0.717, 1.165) is 57.1 Å². The fraction of sp³-hybridized carbons (Fsp3) is 0.529. The molecule has 1 aliphatic heterocycles. The Kier molecular flexibility index (Phi) is 4.85. The van der Waals surface area contributed by atoms with Crippen molar-refractivity contribution >= 4 is 0 Å². The highest BCUT2D eigenvalue weighted by Crippen LogP contribution is 2.16. The Morgan fingerprint density at radius 2 is 1.73 bits per heavy atom. The summed E-state index contributed by atoms with van der Waals surface area (Å²) in [6.07, 6.45) is 0.824. The fourth-order valence-corrected chi connectivity index (χ4v) is 2.76. The molecule has 2 aromatic rings. The van der Waals surface area contributed by atoms with Crippen molar-refractivity contribution in [3.63, 3.8) is 0 Å². The normalized spacial score (nSPS) is 17.0. The molecule has 3 rings (SSSR count). The first-order valence-electron chi connectivity index (χ1n) is 8.09. The van der Waals surface area contributed by atoms with E-state index >= 15 is 0 Å². The van der Waals surface area contributed by atoms with Crippen LogP contribution in [-0.2, 0) is 6.42 Å². The van der Waals surface area contributed by atoms with Gasteiger partial charge in [-0.2, -0.15) is 4.98 Å².